The van der Waals surface area contributed by atoms with Crippen molar-refractivity contribution in [3.63, 3.8) is 0 Å². The molecule has 0 spiro atoms. The summed E-state index contributed by atoms with van der Waals surface area (Å²) in [7, 11) is 1.46. The lowest BCUT2D eigenvalue weighted by Gasteiger charge is -2.11. The largest absolute Gasteiger partial charge is 0.495 e. The number of hydrogen-bond donors (Lipinski definition) is 2. The number of benzene rings is 3. The van der Waals surface area contributed by atoms with Crippen molar-refractivity contribution >= 4 is 29.7 Å². The third-order valence-corrected chi connectivity index (χ3v) is 4.81. The molecule has 37 heavy (non-hydrogen) atoms. The van der Waals surface area contributed by atoms with Gasteiger partial charge in [0.1, 0.15) is 11.5 Å². The quantitative estimate of drug-likeness (QED) is 0.141. The van der Waals surface area contributed by atoms with E-state index in [0.717, 1.165) is 0 Å². The maximum Gasteiger partial charge on any atom is 0.343 e. The van der Waals surface area contributed by atoms with Gasteiger partial charge >= 0.3 is 17.8 Å². The maximum absolute atomic E-state index is 12.6. The van der Waals surface area contributed by atoms with Crippen molar-refractivity contribution in [2.24, 2.45) is 5.10 Å². The first-order chi connectivity index (χ1) is 17.9. The van der Waals surface area contributed by atoms with Crippen LogP contribution in [-0.2, 0) is 9.59 Å². The van der Waals surface area contributed by atoms with Crippen molar-refractivity contribution in [3.8, 4) is 23.0 Å². The van der Waals surface area contributed by atoms with Gasteiger partial charge < -0.3 is 24.3 Å². The van der Waals surface area contributed by atoms with Crippen LogP contribution in [0, 0.1) is 0 Å². The van der Waals surface area contributed by atoms with Crippen molar-refractivity contribution in [3.05, 3.63) is 77.9 Å². The molecule has 0 aliphatic rings. The van der Waals surface area contributed by atoms with Crippen molar-refractivity contribution in [2.45, 2.75) is 13.8 Å². The molecule has 0 heterocycles. The van der Waals surface area contributed by atoms with E-state index in [1.165, 1.54) is 13.3 Å². The van der Waals surface area contributed by atoms with Crippen molar-refractivity contribution in [1.29, 1.82) is 0 Å². The fourth-order valence-corrected chi connectivity index (χ4v) is 3.11. The summed E-state index contributed by atoms with van der Waals surface area (Å²) in [5, 5.41) is 6.28. The number of nitrogens with zero attached hydrogens (tertiary/aromatic N) is 1. The number of hydrazone groups is 1. The van der Waals surface area contributed by atoms with Crippen LogP contribution in [0.15, 0.2) is 71.8 Å². The smallest absolute Gasteiger partial charge is 0.343 e. The number of carbonyl (C=O) groups excluding carboxylic acids is 3. The summed E-state index contributed by atoms with van der Waals surface area (Å²) in [5.41, 5.74) is 3.41. The fourth-order valence-electron chi connectivity index (χ4n) is 3.11. The van der Waals surface area contributed by atoms with Crippen LogP contribution < -0.4 is 29.7 Å². The lowest BCUT2D eigenvalue weighted by molar-refractivity contribution is -0.136. The third kappa shape index (κ3) is 7.56. The minimum absolute atomic E-state index is 0.220. The van der Waals surface area contributed by atoms with Gasteiger partial charge in [-0.2, -0.15) is 5.10 Å². The van der Waals surface area contributed by atoms with Crippen LogP contribution in [0.2, 0.25) is 0 Å². The minimum atomic E-state index is -0.965. The Kier molecular flexibility index (Phi) is 9.60. The molecular formula is C27H27N3O7. The normalized spacial score (nSPS) is 10.5. The van der Waals surface area contributed by atoms with E-state index < -0.39 is 17.8 Å². The molecule has 10 heteroatoms. The molecule has 0 unspecified atom stereocenters. The molecule has 0 aliphatic heterocycles. The van der Waals surface area contributed by atoms with E-state index in [9.17, 15) is 14.4 Å². The van der Waals surface area contributed by atoms with Gasteiger partial charge in [-0.25, -0.2) is 10.2 Å². The second kappa shape index (κ2) is 13.3. The highest BCUT2D eigenvalue weighted by atomic mass is 16.6. The number of methoxy groups -OCH3 is 1. The molecule has 2 N–H and O–H groups in total. The van der Waals surface area contributed by atoms with Crippen LogP contribution in [-0.4, -0.2) is 44.3 Å². The van der Waals surface area contributed by atoms with Gasteiger partial charge in [-0.15, -0.1) is 0 Å². The zero-order valence-electron chi connectivity index (χ0n) is 20.6. The highest BCUT2D eigenvalue weighted by Crippen LogP contribution is 2.29. The predicted molar refractivity (Wildman–Crippen MR) is 138 cm³/mol. The van der Waals surface area contributed by atoms with Gasteiger partial charge in [-0.1, -0.05) is 12.1 Å². The number of carbonyl (C=O) groups is 3. The van der Waals surface area contributed by atoms with Crippen molar-refractivity contribution < 1.29 is 33.3 Å². The molecule has 0 bridgehead atoms. The van der Waals surface area contributed by atoms with E-state index in [-0.39, 0.29) is 5.75 Å². The maximum atomic E-state index is 12.6. The molecule has 0 saturated carbocycles. The zero-order chi connectivity index (χ0) is 26.6. The number of para-hydroxylation sites is 2. The first-order valence-electron chi connectivity index (χ1n) is 11.4. The number of esters is 1. The lowest BCUT2D eigenvalue weighted by Crippen LogP contribution is -2.32. The molecule has 0 saturated heterocycles. The molecule has 0 radical (unpaired) electrons. The van der Waals surface area contributed by atoms with Gasteiger partial charge in [0.2, 0.25) is 0 Å². The number of anilines is 1. The molecule has 0 fully saturated rings. The Bertz CT molecular complexity index is 1270. The Morgan fingerprint density at radius 3 is 2.27 bits per heavy atom. The van der Waals surface area contributed by atoms with Crippen LogP contribution in [0.5, 0.6) is 23.0 Å². The van der Waals surface area contributed by atoms with Crippen molar-refractivity contribution in [1.82, 2.24) is 5.43 Å². The van der Waals surface area contributed by atoms with Gasteiger partial charge in [0.25, 0.3) is 0 Å². The first kappa shape index (κ1) is 26.7. The second-order valence-corrected chi connectivity index (χ2v) is 7.34. The first-order valence-corrected chi connectivity index (χ1v) is 11.4. The summed E-state index contributed by atoms with van der Waals surface area (Å²) >= 11 is 0. The topological polar surface area (TPSA) is 125 Å². The fraction of sp³-hybridized carbons (Fsp3) is 0.185. The molecule has 2 amide bonds. The Morgan fingerprint density at radius 1 is 0.838 bits per heavy atom. The van der Waals surface area contributed by atoms with E-state index in [0.29, 0.717) is 47.3 Å². The highest BCUT2D eigenvalue weighted by Gasteiger charge is 2.16. The summed E-state index contributed by atoms with van der Waals surface area (Å²) in [6, 6.07) is 18.1. The van der Waals surface area contributed by atoms with Gasteiger partial charge in [0.15, 0.2) is 11.5 Å². The zero-order valence-corrected chi connectivity index (χ0v) is 20.6. The number of rotatable bonds is 10. The van der Waals surface area contributed by atoms with E-state index in [1.807, 2.05) is 6.92 Å². The van der Waals surface area contributed by atoms with Gasteiger partial charge in [-0.3, -0.25) is 9.59 Å². The summed E-state index contributed by atoms with van der Waals surface area (Å²) in [5.74, 6) is -0.829. The van der Waals surface area contributed by atoms with Gasteiger partial charge in [-0.05, 0) is 74.0 Å². The summed E-state index contributed by atoms with van der Waals surface area (Å²) < 4.78 is 21.6. The molecule has 192 valence electrons. The predicted octanol–water partition coefficient (Wildman–Crippen LogP) is 3.80. The third-order valence-electron chi connectivity index (χ3n) is 4.81. The average molecular weight is 506 g/mol. The average Bonchev–Trinajstić information content (AvgIpc) is 2.91. The van der Waals surface area contributed by atoms with E-state index in [4.69, 9.17) is 18.9 Å². The molecule has 3 aromatic rings. The van der Waals surface area contributed by atoms with Crippen LogP contribution in [0.1, 0.15) is 29.8 Å². The second-order valence-electron chi connectivity index (χ2n) is 7.34. The standard InChI is InChI=1S/C27H27N3O7/c1-4-35-20-13-11-19(12-14-20)27(33)37-23-15-10-18(16-24(23)36-5-2)17-28-30-26(32)25(31)29-21-8-6-7-9-22(21)34-3/h6-17H,4-5H2,1-3H3,(H,29,31)(H,30,32)/b28-17+. The molecule has 0 aromatic heterocycles. The molecule has 0 atom stereocenters. The molecule has 10 nitrogen and oxygen atoms in total. The lowest BCUT2D eigenvalue weighted by atomic mass is 10.2. The minimum Gasteiger partial charge on any atom is -0.495 e. The number of ether oxygens (including phenoxy) is 4. The number of nitrogens with one attached hydrogen (secondary N) is 2. The van der Waals surface area contributed by atoms with E-state index in [1.54, 1.807) is 73.7 Å². The Balaban J connectivity index is 1.63. The molecule has 0 aliphatic carbocycles. The van der Waals surface area contributed by atoms with Gasteiger partial charge in [0.05, 0.1) is 37.8 Å². The molecule has 3 aromatic carbocycles. The Hall–Kier alpha value is -4.86. The number of hydrogen-bond acceptors (Lipinski definition) is 8. The van der Waals surface area contributed by atoms with Crippen molar-refractivity contribution in [2.75, 3.05) is 25.6 Å². The summed E-state index contributed by atoms with van der Waals surface area (Å²) in [6.07, 6.45) is 1.33. The van der Waals surface area contributed by atoms with Gasteiger partial charge in [0, 0.05) is 0 Å². The number of amides is 2. The Morgan fingerprint density at radius 2 is 1.57 bits per heavy atom. The van der Waals surface area contributed by atoms with Crippen LogP contribution in [0.3, 0.4) is 0 Å². The summed E-state index contributed by atoms with van der Waals surface area (Å²) in [6.45, 7) is 4.52. The molecule has 3 rings (SSSR count). The van der Waals surface area contributed by atoms with Crippen LogP contribution in [0.4, 0.5) is 5.69 Å². The van der Waals surface area contributed by atoms with E-state index >= 15 is 0 Å². The Labute approximate surface area is 214 Å². The monoisotopic (exact) mass is 505 g/mol. The highest BCUT2D eigenvalue weighted by molar-refractivity contribution is 6.39. The SMILES string of the molecule is CCOc1ccc(C(=O)Oc2ccc(/C=N/NC(=O)C(=O)Nc3ccccc3OC)cc2OCC)cc1. The van der Waals surface area contributed by atoms with Crippen LogP contribution >= 0.6 is 0 Å². The summed E-state index contributed by atoms with van der Waals surface area (Å²) in [4.78, 5) is 36.8. The van der Waals surface area contributed by atoms with Crippen LogP contribution in [0.25, 0.3) is 0 Å². The van der Waals surface area contributed by atoms with E-state index in [2.05, 4.69) is 15.8 Å². The molecular weight excluding hydrogens is 478 g/mol.